The predicted molar refractivity (Wildman–Crippen MR) is 221 cm³/mol. The van der Waals surface area contributed by atoms with Gasteiger partial charge in [-0.05, 0) is 75.4 Å². The molecule has 4 aromatic rings. The SMILES string of the molecule is CNC(=O)c1ccc(C(=O)C[C@@H]2[C@@H]([C@@H](C)O[Si](C)(C)C)C(=O)N2C(C(=O)OCOC(=O)C(C)(C)C)=P(c2ccccc2)(c2ccccc2)c2ccccc2)s1. The Bertz CT molecular complexity index is 1990. The number of hydrogen-bond acceptors (Lipinski definition) is 9. The maximum atomic E-state index is 15.1. The largest absolute Gasteiger partial charge is 0.427 e. The third-order valence-corrected chi connectivity index (χ3v) is 15.6. The van der Waals surface area contributed by atoms with Crippen molar-refractivity contribution in [2.24, 2.45) is 11.3 Å². The molecule has 290 valence electrons. The van der Waals surface area contributed by atoms with Gasteiger partial charge in [0.25, 0.3) is 5.91 Å². The first-order valence-corrected chi connectivity index (χ1v) is 24.2. The van der Waals surface area contributed by atoms with Crippen molar-refractivity contribution in [2.75, 3.05) is 13.8 Å². The number of β-lactam (4-membered cyclic amide) rings is 1. The first-order valence-electron chi connectivity index (χ1n) is 18.1. The minimum absolute atomic E-state index is 0.0550. The summed E-state index contributed by atoms with van der Waals surface area (Å²) in [7, 11) is -0.668. The van der Waals surface area contributed by atoms with Crippen molar-refractivity contribution in [2.45, 2.75) is 65.9 Å². The van der Waals surface area contributed by atoms with Crippen molar-refractivity contribution in [3.8, 4) is 0 Å². The van der Waals surface area contributed by atoms with E-state index in [1.807, 2.05) is 118 Å². The van der Waals surface area contributed by atoms with E-state index in [0.29, 0.717) is 9.75 Å². The van der Waals surface area contributed by atoms with Gasteiger partial charge in [-0.3, -0.25) is 19.2 Å². The molecular weight excluding hydrogens is 752 g/mol. The Labute approximate surface area is 328 Å². The molecule has 2 amide bonds. The van der Waals surface area contributed by atoms with Gasteiger partial charge in [-0.25, -0.2) is 4.79 Å². The van der Waals surface area contributed by atoms with Crippen LogP contribution in [0.1, 0.15) is 53.5 Å². The summed E-state index contributed by atoms with van der Waals surface area (Å²) in [5, 5.41) is 4.90. The zero-order valence-electron chi connectivity index (χ0n) is 32.5. The molecule has 2 heterocycles. The number of rotatable bonds is 14. The normalized spacial score (nSPS) is 16.4. The molecule has 1 fully saturated rings. The topological polar surface area (TPSA) is 128 Å². The van der Waals surface area contributed by atoms with Gasteiger partial charge in [0, 0.05) is 20.4 Å². The maximum Gasteiger partial charge on any atom is 0.358 e. The number of carbonyl (C=O) groups excluding carboxylic acids is 5. The van der Waals surface area contributed by atoms with Crippen LogP contribution in [0.2, 0.25) is 19.6 Å². The first kappa shape index (κ1) is 41.5. The van der Waals surface area contributed by atoms with Gasteiger partial charge in [0.2, 0.25) is 12.7 Å². The summed E-state index contributed by atoms with van der Waals surface area (Å²) >= 11 is 1.07. The highest BCUT2D eigenvalue weighted by molar-refractivity contribution is 7.96. The molecule has 55 heavy (non-hydrogen) atoms. The summed E-state index contributed by atoms with van der Waals surface area (Å²) < 4.78 is 17.8. The Hall–Kier alpha value is -4.61. The zero-order valence-corrected chi connectivity index (χ0v) is 35.2. The number of carbonyl (C=O) groups is 5. The van der Waals surface area contributed by atoms with E-state index in [2.05, 4.69) is 5.32 Å². The molecule has 1 aliphatic rings. The number of benzene rings is 3. The lowest BCUT2D eigenvalue weighted by Gasteiger charge is -2.52. The number of nitrogens with one attached hydrogen (secondary N) is 1. The Morgan fingerprint density at radius 1 is 0.800 bits per heavy atom. The fraction of sp³-hybridized carbons (Fsp3) is 0.333. The van der Waals surface area contributed by atoms with Crippen LogP contribution in [0.4, 0.5) is 0 Å². The Balaban J connectivity index is 1.80. The van der Waals surface area contributed by atoms with Crippen molar-refractivity contribution in [1.29, 1.82) is 0 Å². The minimum atomic E-state index is -3.33. The highest BCUT2D eigenvalue weighted by Crippen LogP contribution is 2.50. The number of Topliss-reactive ketones (excluding diaryl/α,β-unsaturated/α-hetero) is 1. The van der Waals surface area contributed by atoms with Crippen molar-refractivity contribution in [1.82, 2.24) is 10.2 Å². The van der Waals surface area contributed by atoms with Gasteiger partial charge >= 0.3 is 11.9 Å². The van der Waals surface area contributed by atoms with E-state index >= 15 is 4.79 Å². The summed E-state index contributed by atoms with van der Waals surface area (Å²) in [6.45, 7) is 9.00. The van der Waals surface area contributed by atoms with E-state index in [0.717, 1.165) is 27.3 Å². The van der Waals surface area contributed by atoms with Crippen LogP contribution >= 0.6 is 18.2 Å². The second-order valence-corrected chi connectivity index (χ2v) is 24.2. The van der Waals surface area contributed by atoms with Crippen LogP contribution in [0.25, 0.3) is 0 Å². The molecule has 0 aliphatic carbocycles. The van der Waals surface area contributed by atoms with Crippen LogP contribution in [0.3, 0.4) is 0 Å². The molecule has 3 atom stereocenters. The highest BCUT2D eigenvalue weighted by Gasteiger charge is 2.56. The van der Waals surface area contributed by atoms with E-state index in [1.165, 1.54) is 11.9 Å². The summed E-state index contributed by atoms with van der Waals surface area (Å²) in [6.07, 6.45) is -0.738. The molecule has 1 aliphatic heterocycles. The zero-order chi connectivity index (χ0) is 40.1. The molecule has 1 N–H and O–H groups in total. The van der Waals surface area contributed by atoms with E-state index in [-0.39, 0.29) is 29.4 Å². The fourth-order valence-electron chi connectivity index (χ4n) is 6.80. The number of esters is 2. The molecule has 10 nitrogen and oxygen atoms in total. The minimum Gasteiger partial charge on any atom is -0.427 e. The number of likely N-dealkylation sites (tertiary alicyclic amines) is 1. The van der Waals surface area contributed by atoms with Gasteiger partial charge in [0.05, 0.1) is 33.2 Å². The monoisotopic (exact) mass is 800 g/mol. The van der Waals surface area contributed by atoms with Crippen molar-refractivity contribution < 1.29 is 37.9 Å². The summed E-state index contributed by atoms with van der Waals surface area (Å²) in [6, 6.07) is 31.0. The third kappa shape index (κ3) is 8.94. The summed E-state index contributed by atoms with van der Waals surface area (Å²) in [5.41, 5.74) is -0.800. The molecule has 5 rings (SSSR count). The third-order valence-electron chi connectivity index (χ3n) is 9.19. The van der Waals surface area contributed by atoms with Gasteiger partial charge in [0.1, 0.15) is 5.42 Å². The average molecular weight is 801 g/mol. The van der Waals surface area contributed by atoms with E-state index < -0.39 is 57.4 Å². The van der Waals surface area contributed by atoms with Crippen LogP contribution in [-0.4, -0.2) is 74.2 Å². The lowest BCUT2D eigenvalue weighted by Crippen LogP contribution is -2.69. The van der Waals surface area contributed by atoms with Gasteiger partial charge in [-0.15, -0.1) is 11.3 Å². The molecule has 0 unspecified atom stereocenters. The summed E-state index contributed by atoms with van der Waals surface area (Å²) in [4.78, 5) is 71.6. The Kier molecular flexibility index (Phi) is 12.9. The molecule has 3 aromatic carbocycles. The van der Waals surface area contributed by atoms with Crippen molar-refractivity contribution >= 4 is 77.4 Å². The predicted octanol–water partition coefficient (Wildman–Crippen LogP) is 5.96. The van der Waals surface area contributed by atoms with Gasteiger partial charge in [-0.2, -0.15) is 0 Å². The lowest BCUT2D eigenvalue weighted by atomic mass is 9.80. The second-order valence-electron chi connectivity index (χ2n) is 15.3. The molecule has 0 spiro atoms. The van der Waals surface area contributed by atoms with Gasteiger partial charge < -0.3 is 24.1 Å². The van der Waals surface area contributed by atoms with Crippen LogP contribution in [0.5, 0.6) is 0 Å². The van der Waals surface area contributed by atoms with Crippen LogP contribution in [0.15, 0.2) is 103 Å². The molecular formula is C42H49N2O8PSSi. The lowest BCUT2D eigenvalue weighted by molar-refractivity contribution is -0.171. The molecule has 0 radical (unpaired) electrons. The Morgan fingerprint density at radius 3 is 1.75 bits per heavy atom. The molecule has 1 aromatic heterocycles. The van der Waals surface area contributed by atoms with Gasteiger partial charge in [0.15, 0.2) is 14.1 Å². The average Bonchev–Trinajstić information content (AvgIpc) is 3.65. The summed E-state index contributed by atoms with van der Waals surface area (Å²) in [5.74, 6) is -3.18. The molecule has 0 bridgehead atoms. The maximum absolute atomic E-state index is 15.1. The number of amides is 2. The molecule has 0 saturated carbocycles. The molecule has 13 heteroatoms. The Morgan fingerprint density at radius 2 is 1.29 bits per heavy atom. The van der Waals surface area contributed by atoms with Gasteiger partial charge in [-0.1, -0.05) is 91.0 Å². The highest BCUT2D eigenvalue weighted by atomic mass is 32.1. The fourth-order valence-corrected chi connectivity index (χ4v) is 13.4. The molecule has 1 saturated heterocycles. The van der Waals surface area contributed by atoms with Crippen LogP contribution in [0, 0.1) is 11.3 Å². The standard InChI is InChI=1S/C42H49N2O8PSSi/c1-28(52-55(6,7)8)36-32(26-33(45)34-24-25-35(54-34)37(46)43-5)44(38(36)47)39(40(48)50-27-51-41(49)42(2,3)4)53(29-18-12-9-13-19-29,30-20-14-10-15-21-30)31-22-16-11-17-23-31/h9-25,28,32,36H,26-27H2,1-8H3,(H,43,46)/t28-,32-,36-/m1/s1. The van der Waals surface area contributed by atoms with E-state index in [9.17, 15) is 19.2 Å². The smallest absolute Gasteiger partial charge is 0.358 e. The van der Waals surface area contributed by atoms with Crippen molar-refractivity contribution in [3.63, 3.8) is 0 Å². The van der Waals surface area contributed by atoms with E-state index in [4.69, 9.17) is 13.9 Å². The van der Waals surface area contributed by atoms with Crippen LogP contribution < -0.4 is 21.2 Å². The number of hydrogen-bond donors (Lipinski definition) is 1. The number of thiophene rings is 1. The second kappa shape index (κ2) is 17.0. The quantitative estimate of drug-likeness (QED) is 0.0414. The number of nitrogens with zero attached hydrogens (tertiary/aromatic N) is 1. The van der Waals surface area contributed by atoms with Crippen LogP contribution in [-0.2, 0) is 28.3 Å². The first-order chi connectivity index (χ1) is 26.0. The van der Waals surface area contributed by atoms with Crippen molar-refractivity contribution in [3.05, 3.63) is 113 Å². The number of ether oxygens (including phenoxy) is 2. The van der Waals surface area contributed by atoms with E-state index in [1.54, 1.807) is 32.9 Å². The number of ketones is 1.